The van der Waals surface area contributed by atoms with Gasteiger partial charge in [-0.05, 0) is 77.4 Å². The molecule has 1 aliphatic rings. The third-order valence-corrected chi connectivity index (χ3v) is 10.0. The van der Waals surface area contributed by atoms with Crippen molar-refractivity contribution >= 4 is 51.1 Å². The number of thiophene rings is 1. The van der Waals surface area contributed by atoms with Crippen LogP contribution in [0.25, 0.3) is 22.3 Å². The number of anilines is 2. The monoisotopic (exact) mass is 664 g/mol. The molecule has 7 rings (SSSR count). The number of nitrogens with zero attached hydrogens (tertiary/aromatic N) is 7. The molecule has 1 fully saturated rings. The molecule has 0 spiro atoms. The summed E-state index contributed by atoms with van der Waals surface area (Å²) in [5, 5.41) is 17.6. The second-order valence-corrected chi connectivity index (χ2v) is 13.0. The first-order valence-electron chi connectivity index (χ1n) is 15.7. The Labute approximate surface area is 280 Å². The zero-order valence-electron chi connectivity index (χ0n) is 25.8. The number of halogens is 1. The summed E-state index contributed by atoms with van der Waals surface area (Å²) in [5.74, 6) is 1.50. The highest BCUT2D eigenvalue weighted by Crippen LogP contribution is 2.32. The fourth-order valence-corrected chi connectivity index (χ4v) is 7.19. The predicted molar refractivity (Wildman–Crippen MR) is 186 cm³/mol. The minimum absolute atomic E-state index is 0.0835. The van der Waals surface area contributed by atoms with Gasteiger partial charge in [-0.2, -0.15) is 5.21 Å². The number of carbonyl (C=O) groups excluding carboxylic acids is 1. The standard InChI is InChI=1S/C35H33ClN8O2S/c1-2-32-37-29-14-13-25(43(35(46)31-12-7-19-47-31)22-24-8-3-5-10-28(24)36)20-27(29)34(45)44(32)21-23-15-17-42(18-16-23)30-11-6-4-9-26(30)33-38-40-41-39-33/h3-14,19-20,23H,2,15-18,21-22H2,1H3,(H,38,39,40,41). The van der Waals surface area contributed by atoms with Crippen LogP contribution in [-0.2, 0) is 19.5 Å². The van der Waals surface area contributed by atoms with E-state index in [0.29, 0.717) is 51.2 Å². The number of benzene rings is 3. The average molecular weight is 665 g/mol. The number of aryl methyl sites for hydroxylation is 1. The molecule has 0 unspecified atom stereocenters. The molecule has 0 bridgehead atoms. The summed E-state index contributed by atoms with van der Waals surface area (Å²) >= 11 is 7.90. The first kappa shape index (κ1) is 30.8. The van der Waals surface area contributed by atoms with Gasteiger partial charge in [0.05, 0.1) is 22.3 Å². The zero-order chi connectivity index (χ0) is 32.3. The van der Waals surface area contributed by atoms with Gasteiger partial charge in [-0.25, -0.2) is 4.98 Å². The van der Waals surface area contributed by atoms with Crippen molar-refractivity contribution in [2.75, 3.05) is 22.9 Å². The van der Waals surface area contributed by atoms with Crippen LogP contribution in [0.2, 0.25) is 5.02 Å². The minimum atomic E-state index is -0.148. The molecule has 1 amide bonds. The topological polar surface area (TPSA) is 113 Å². The van der Waals surface area contributed by atoms with Gasteiger partial charge in [0.15, 0.2) is 0 Å². The molecule has 0 radical (unpaired) electrons. The summed E-state index contributed by atoms with van der Waals surface area (Å²) in [5.41, 5.74) is 4.01. The number of para-hydroxylation sites is 1. The van der Waals surface area contributed by atoms with E-state index in [1.54, 1.807) is 11.0 Å². The second-order valence-electron chi connectivity index (χ2n) is 11.6. The van der Waals surface area contributed by atoms with E-state index in [1.165, 1.54) is 11.3 Å². The lowest BCUT2D eigenvalue weighted by Crippen LogP contribution is -2.37. The van der Waals surface area contributed by atoms with E-state index in [-0.39, 0.29) is 18.0 Å². The number of hydrogen-bond acceptors (Lipinski definition) is 8. The molecule has 3 aromatic carbocycles. The van der Waals surface area contributed by atoms with E-state index in [2.05, 4.69) is 31.6 Å². The lowest BCUT2D eigenvalue weighted by atomic mass is 9.95. The van der Waals surface area contributed by atoms with Gasteiger partial charge in [0.1, 0.15) is 5.82 Å². The van der Waals surface area contributed by atoms with E-state index in [9.17, 15) is 9.59 Å². The van der Waals surface area contributed by atoms with Gasteiger partial charge in [0.2, 0.25) is 5.82 Å². The van der Waals surface area contributed by atoms with Gasteiger partial charge >= 0.3 is 0 Å². The number of aromatic amines is 1. The Morgan fingerprint density at radius 1 is 1.04 bits per heavy atom. The Morgan fingerprint density at radius 3 is 2.60 bits per heavy atom. The summed E-state index contributed by atoms with van der Waals surface area (Å²) in [6.45, 7) is 4.59. The molecule has 6 aromatic rings. The van der Waals surface area contributed by atoms with Crippen molar-refractivity contribution < 1.29 is 4.79 Å². The SMILES string of the molecule is CCc1nc2ccc(N(Cc3ccccc3Cl)C(=O)c3cccs3)cc2c(=O)n1CC1CCN(c2ccccc2-c2nn[nH]n2)CC1. The molecule has 1 N–H and O–H groups in total. The summed E-state index contributed by atoms with van der Waals surface area (Å²) in [6.07, 6.45) is 2.49. The maximum atomic E-state index is 14.2. The molecule has 238 valence electrons. The predicted octanol–water partition coefficient (Wildman–Crippen LogP) is 6.62. The number of aromatic nitrogens is 6. The molecule has 0 atom stereocenters. The summed E-state index contributed by atoms with van der Waals surface area (Å²) in [7, 11) is 0. The number of nitrogens with one attached hydrogen (secondary N) is 1. The van der Waals surface area contributed by atoms with Gasteiger partial charge in [-0.1, -0.05) is 54.9 Å². The molecule has 1 saturated heterocycles. The zero-order valence-corrected chi connectivity index (χ0v) is 27.4. The molecule has 12 heteroatoms. The summed E-state index contributed by atoms with van der Waals surface area (Å²) in [6, 6.07) is 24.8. The number of amides is 1. The molecule has 1 aliphatic heterocycles. The first-order chi connectivity index (χ1) is 23.0. The first-order valence-corrected chi connectivity index (χ1v) is 17.0. The smallest absolute Gasteiger partial charge is 0.268 e. The summed E-state index contributed by atoms with van der Waals surface area (Å²) < 4.78 is 1.85. The molecular formula is C35H33ClN8O2S. The van der Waals surface area contributed by atoms with Crippen molar-refractivity contribution in [3.63, 3.8) is 0 Å². The fourth-order valence-electron chi connectivity index (χ4n) is 6.32. The molecule has 3 aromatic heterocycles. The van der Waals surface area contributed by atoms with Crippen LogP contribution in [-0.4, -0.2) is 49.2 Å². The molecular weight excluding hydrogens is 632 g/mol. The number of tetrazole rings is 1. The van der Waals surface area contributed by atoms with E-state index in [1.807, 2.05) is 83.6 Å². The van der Waals surface area contributed by atoms with Gasteiger partial charge in [0, 0.05) is 48.0 Å². The van der Waals surface area contributed by atoms with Crippen molar-refractivity contribution in [1.82, 2.24) is 30.2 Å². The Hall–Kier alpha value is -4.87. The Morgan fingerprint density at radius 2 is 1.85 bits per heavy atom. The lowest BCUT2D eigenvalue weighted by Gasteiger charge is -2.35. The number of H-pyrrole nitrogens is 1. The van der Waals surface area contributed by atoms with E-state index in [4.69, 9.17) is 16.6 Å². The molecule has 0 aliphatic carbocycles. The van der Waals surface area contributed by atoms with Crippen LogP contribution < -0.4 is 15.4 Å². The number of rotatable bonds is 9. The van der Waals surface area contributed by atoms with Crippen LogP contribution in [0.3, 0.4) is 0 Å². The molecule has 4 heterocycles. The van der Waals surface area contributed by atoms with Crippen LogP contribution in [0.5, 0.6) is 0 Å². The fraction of sp³-hybridized carbons (Fsp3) is 0.257. The highest BCUT2D eigenvalue weighted by molar-refractivity contribution is 7.12. The minimum Gasteiger partial charge on any atom is -0.371 e. The van der Waals surface area contributed by atoms with Crippen LogP contribution >= 0.6 is 22.9 Å². The van der Waals surface area contributed by atoms with Crippen molar-refractivity contribution in [3.05, 3.63) is 116 Å². The maximum absolute atomic E-state index is 14.2. The highest BCUT2D eigenvalue weighted by atomic mass is 35.5. The van der Waals surface area contributed by atoms with Crippen LogP contribution in [0, 0.1) is 5.92 Å². The van der Waals surface area contributed by atoms with E-state index < -0.39 is 0 Å². The Balaban J connectivity index is 1.17. The number of fused-ring (bicyclic) bond motifs is 1. The Bertz CT molecular complexity index is 2070. The third kappa shape index (κ3) is 6.28. The molecule has 10 nitrogen and oxygen atoms in total. The highest BCUT2D eigenvalue weighted by Gasteiger charge is 2.25. The van der Waals surface area contributed by atoms with Crippen molar-refractivity contribution in [3.8, 4) is 11.4 Å². The van der Waals surface area contributed by atoms with Gasteiger partial charge in [-0.15, -0.1) is 21.5 Å². The largest absolute Gasteiger partial charge is 0.371 e. The number of carbonyl (C=O) groups is 1. The maximum Gasteiger partial charge on any atom is 0.268 e. The second kappa shape index (κ2) is 13.5. The number of piperidine rings is 1. The third-order valence-electron chi connectivity index (χ3n) is 8.79. The normalized spacial score (nSPS) is 13.7. The summed E-state index contributed by atoms with van der Waals surface area (Å²) in [4.78, 5) is 37.5. The van der Waals surface area contributed by atoms with E-state index in [0.717, 1.165) is 48.6 Å². The van der Waals surface area contributed by atoms with Crippen LogP contribution in [0.15, 0.2) is 89.0 Å². The number of hydrogen-bond donors (Lipinski definition) is 1. The van der Waals surface area contributed by atoms with Crippen LogP contribution in [0.1, 0.15) is 40.8 Å². The molecule has 0 saturated carbocycles. The quantitative estimate of drug-likeness (QED) is 0.185. The molecule has 47 heavy (non-hydrogen) atoms. The van der Waals surface area contributed by atoms with Crippen molar-refractivity contribution in [2.24, 2.45) is 5.92 Å². The Kier molecular flexibility index (Phi) is 8.82. The van der Waals surface area contributed by atoms with Gasteiger partial charge in [-0.3, -0.25) is 14.2 Å². The van der Waals surface area contributed by atoms with Crippen LogP contribution in [0.4, 0.5) is 11.4 Å². The van der Waals surface area contributed by atoms with Crippen molar-refractivity contribution in [2.45, 2.75) is 39.3 Å². The average Bonchev–Trinajstić information content (AvgIpc) is 3.85. The van der Waals surface area contributed by atoms with Crippen molar-refractivity contribution in [1.29, 1.82) is 0 Å². The van der Waals surface area contributed by atoms with Gasteiger partial charge in [0.25, 0.3) is 11.5 Å². The van der Waals surface area contributed by atoms with E-state index >= 15 is 0 Å². The lowest BCUT2D eigenvalue weighted by molar-refractivity contribution is 0.0989. The van der Waals surface area contributed by atoms with Gasteiger partial charge < -0.3 is 9.80 Å².